The van der Waals surface area contributed by atoms with Crippen LogP contribution in [0.4, 0.5) is 5.69 Å². The molecule has 0 amide bonds. The standard InChI is InChI=1S/C16H17N3O/c1-3-20-15-7-5-4-6-12(15)14-10-19-9-11(2)8-13(17)16(19)18-14/h4-10H,3,17H2,1-2H3. The molecule has 3 aromatic rings. The van der Waals surface area contributed by atoms with E-state index in [1.165, 1.54) is 0 Å². The quantitative estimate of drug-likeness (QED) is 0.792. The maximum atomic E-state index is 6.03. The van der Waals surface area contributed by atoms with Crippen molar-refractivity contribution in [3.05, 3.63) is 48.3 Å². The Morgan fingerprint density at radius 3 is 2.85 bits per heavy atom. The van der Waals surface area contributed by atoms with Gasteiger partial charge >= 0.3 is 0 Å². The summed E-state index contributed by atoms with van der Waals surface area (Å²) in [4.78, 5) is 4.62. The van der Waals surface area contributed by atoms with Crippen LogP contribution in [-0.2, 0) is 0 Å². The van der Waals surface area contributed by atoms with E-state index in [1.807, 2.05) is 61.0 Å². The predicted molar refractivity (Wildman–Crippen MR) is 80.9 cm³/mol. The number of imidazole rings is 1. The van der Waals surface area contributed by atoms with Gasteiger partial charge in [-0.05, 0) is 37.6 Å². The number of pyridine rings is 1. The Morgan fingerprint density at radius 1 is 1.25 bits per heavy atom. The van der Waals surface area contributed by atoms with Gasteiger partial charge in [-0.25, -0.2) is 4.98 Å². The lowest BCUT2D eigenvalue weighted by atomic mass is 10.1. The summed E-state index contributed by atoms with van der Waals surface area (Å²) in [5.41, 5.74) is 10.4. The fraction of sp³-hybridized carbons (Fsp3) is 0.188. The molecule has 102 valence electrons. The third-order valence-corrected chi connectivity index (χ3v) is 3.18. The monoisotopic (exact) mass is 267 g/mol. The highest BCUT2D eigenvalue weighted by Gasteiger charge is 2.11. The number of aromatic nitrogens is 2. The highest BCUT2D eigenvalue weighted by molar-refractivity contribution is 5.74. The molecule has 0 aliphatic heterocycles. The number of hydrogen-bond acceptors (Lipinski definition) is 3. The molecular weight excluding hydrogens is 250 g/mol. The molecule has 0 bridgehead atoms. The minimum Gasteiger partial charge on any atom is -0.493 e. The Morgan fingerprint density at radius 2 is 2.05 bits per heavy atom. The molecule has 0 unspecified atom stereocenters. The summed E-state index contributed by atoms with van der Waals surface area (Å²) in [5.74, 6) is 0.841. The number of nitrogen functional groups attached to an aromatic ring is 1. The molecule has 0 radical (unpaired) electrons. The Kier molecular flexibility index (Phi) is 3.06. The summed E-state index contributed by atoms with van der Waals surface area (Å²) in [5, 5.41) is 0. The van der Waals surface area contributed by atoms with E-state index in [0.29, 0.717) is 12.3 Å². The second-order valence-corrected chi connectivity index (χ2v) is 4.76. The van der Waals surface area contributed by atoms with Crippen LogP contribution in [-0.4, -0.2) is 16.0 Å². The molecule has 0 saturated carbocycles. The van der Waals surface area contributed by atoms with E-state index in [4.69, 9.17) is 10.5 Å². The highest BCUT2D eigenvalue weighted by Crippen LogP contribution is 2.30. The van der Waals surface area contributed by atoms with Crippen LogP contribution >= 0.6 is 0 Å². The number of rotatable bonds is 3. The minimum absolute atomic E-state index is 0.631. The number of benzene rings is 1. The molecule has 3 rings (SSSR count). The largest absolute Gasteiger partial charge is 0.493 e. The van der Waals surface area contributed by atoms with Crippen molar-refractivity contribution in [3.8, 4) is 17.0 Å². The Labute approximate surface area is 117 Å². The van der Waals surface area contributed by atoms with Crippen molar-refractivity contribution in [2.75, 3.05) is 12.3 Å². The molecule has 0 fully saturated rings. The zero-order valence-corrected chi connectivity index (χ0v) is 11.6. The van der Waals surface area contributed by atoms with Gasteiger partial charge in [0, 0.05) is 18.0 Å². The summed E-state index contributed by atoms with van der Waals surface area (Å²) in [6.07, 6.45) is 4.00. The average molecular weight is 267 g/mol. The zero-order valence-electron chi connectivity index (χ0n) is 11.6. The molecule has 0 saturated heterocycles. The molecule has 4 nitrogen and oxygen atoms in total. The van der Waals surface area contributed by atoms with E-state index in [0.717, 1.165) is 28.2 Å². The molecule has 0 spiro atoms. The van der Waals surface area contributed by atoms with Crippen LogP contribution in [0.3, 0.4) is 0 Å². The number of hydrogen-bond donors (Lipinski definition) is 1. The molecule has 2 aromatic heterocycles. The van der Waals surface area contributed by atoms with E-state index in [9.17, 15) is 0 Å². The lowest BCUT2D eigenvalue weighted by Gasteiger charge is -2.07. The van der Waals surface area contributed by atoms with Crippen LogP contribution in [0.2, 0.25) is 0 Å². The maximum Gasteiger partial charge on any atom is 0.160 e. The van der Waals surface area contributed by atoms with Crippen molar-refractivity contribution < 1.29 is 4.74 Å². The summed E-state index contributed by atoms with van der Waals surface area (Å²) >= 11 is 0. The van der Waals surface area contributed by atoms with Gasteiger partial charge in [0.25, 0.3) is 0 Å². The molecule has 4 heteroatoms. The zero-order chi connectivity index (χ0) is 14.1. The normalized spacial score (nSPS) is 10.9. The Balaban J connectivity index is 2.18. The number of aryl methyl sites for hydroxylation is 1. The van der Waals surface area contributed by atoms with Gasteiger partial charge in [-0.1, -0.05) is 12.1 Å². The summed E-state index contributed by atoms with van der Waals surface area (Å²) in [6.45, 7) is 4.62. The number of anilines is 1. The van der Waals surface area contributed by atoms with Crippen molar-refractivity contribution in [3.63, 3.8) is 0 Å². The summed E-state index contributed by atoms with van der Waals surface area (Å²) in [7, 11) is 0. The molecular formula is C16H17N3O. The van der Waals surface area contributed by atoms with Crippen molar-refractivity contribution in [1.82, 2.24) is 9.38 Å². The van der Waals surface area contributed by atoms with E-state index in [1.54, 1.807) is 0 Å². The van der Waals surface area contributed by atoms with Crippen molar-refractivity contribution in [1.29, 1.82) is 0 Å². The van der Waals surface area contributed by atoms with E-state index < -0.39 is 0 Å². The van der Waals surface area contributed by atoms with Gasteiger partial charge in [-0.2, -0.15) is 0 Å². The van der Waals surface area contributed by atoms with Crippen molar-refractivity contribution in [2.24, 2.45) is 0 Å². The third-order valence-electron chi connectivity index (χ3n) is 3.18. The van der Waals surface area contributed by atoms with Gasteiger partial charge in [0.15, 0.2) is 5.65 Å². The molecule has 2 N–H and O–H groups in total. The first-order valence-electron chi connectivity index (χ1n) is 6.66. The number of nitrogens with two attached hydrogens (primary N) is 1. The minimum atomic E-state index is 0.631. The average Bonchev–Trinajstić information content (AvgIpc) is 2.83. The number of nitrogens with zero attached hydrogens (tertiary/aromatic N) is 2. The predicted octanol–water partition coefficient (Wildman–Crippen LogP) is 3.29. The number of ether oxygens (including phenoxy) is 1. The van der Waals surface area contributed by atoms with Gasteiger partial charge in [-0.3, -0.25) is 0 Å². The molecule has 20 heavy (non-hydrogen) atoms. The summed E-state index contributed by atoms with van der Waals surface area (Å²) in [6, 6.07) is 9.84. The van der Waals surface area contributed by atoms with Gasteiger partial charge in [0.05, 0.1) is 18.0 Å². The SMILES string of the molecule is CCOc1ccccc1-c1cn2cc(C)cc(N)c2n1. The fourth-order valence-corrected chi connectivity index (χ4v) is 2.36. The Bertz CT molecular complexity index is 762. The first kappa shape index (κ1) is 12.5. The van der Waals surface area contributed by atoms with Gasteiger partial charge in [0.2, 0.25) is 0 Å². The van der Waals surface area contributed by atoms with Crippen LogP contribution in [0.5, 0.6) is 5.75 Å². The molecule has 0 aliphatic carbocycles. The van der Waals surface area contributed by atoms with E-state index in [2.05, 4.69) is 4.98 Å². The summed E-state index contributed by atoms with van der Waals surface area (Å²) < 4.78 is 7.62. The van der Waals surface area contributed by atoms with Crippen LogP contribution < -0.4 is 10.5 Å². The van der Waals surface area contributed by atoms with Crippen LogP contribution in [0.1, 0.15) is 12.5 Å². The van der Waals surface area contributed by atoms with Crippen LogP contribution in [0.15, 0.2) is 42.7 Å². The molecule has 1 aromatic carbocycles. The first-order chi connectivity index (χ1) is 9.69. The number of fused-ring (bicyclic) bond motifs is 1. The third kappa shape index (κ3) is 2.09. The number of para-hydroxylation sites is 1. The lowest BCUT2D eigenvalue weighted by molar-refractivity contribution is 0.341. The van der Waals surface area contributed by atoms with E-state index >= 15 is 0 Å². The molecule has 2 heterocycles. The molecule has 0 atom stereocenters. The molecule has 0 aliphatic rings. The second kappa shape index (κ2) is 4.89. The van der Waals surface area contributed by atoms with Crippen molar-refractivity contribution >= 4 is 11.3 Å². The lowest BCUT2D eigenvalue weighted by Crippen LogP contribution is -1.94. The van der Waals surface area contributed by atoms with Crippen molar-refractivity contribution in [2.45, 2.75) is 13.8 Å². The topological polar surface area (TPSA) is 52.5 Å². The van der Waals surface area contributed by atoms with E-state index in [-0.39, 0.29) is 0 Å². The van der Waals surface area contributed by atoms with Crippen LogP contribution in [0, 0.1) is 6.92 Å². The fourth-order valence-electron chi connectivity index (χ4n) is 2.36. The smallest absolute Gasteiger partial charge is 0.160 e. The first-order valence-corrected chi connectivity index (χ1v) is 6.66. The highest BCUT2D eigenvalue weighted by atomic mass is 16.5. The van der Waals surface area contributed by atoms with Gasteiger partial charge in [-0.15, -0.1) is 0 Å². The van der Waals surface area contributed by atoms with Gasteiger partial charge in [0.1, 0.15) is 5.75 Å². The van der Waals surface area contributed by atoms with Gasteiger partial charge < -0.3 is 14.9 Å². The van der Waals surface area contributed by atoms with Crippen LogP contribution in [0.25, 0.3) is 16.9 Å². The maximum absolute atomic E-state index is 6.03. The Hall–Kier alpha value is -2.49. The second-order valence-electron chi connectivity index (χ2n) is 4.76.